The van der Waals surface area contributed by atoms with E-state index < -0.39 is 18.1 Å². The molecule has 4 rings (SSSR count). The van der Waals surface area contributed by atoms with E-state index in [0.717, 1.165) is 32.4 Å². The van der Waals surface area contributed by atoms with Gasteiger partial charge in [0.15, 0.2) is 0 Å². The van der Waals surface area contributed by atoms with Crippen molar-refractivity contribution in [1.29, 1.82) is 0 Å². The Morgan fingerprint density at radius 2 is 1.67 bits per heavy atom. The van der Waals surface area contributed by atoms with Gasteiger partial charge in [-0.25, -0.2) is 4.79 Å². The molecule has 0 aromatic heterocycles. The first-order chi connectivity index (χ1) is 16.0. The minimum atomic E-state index is -0.574. The number of rotatable bonds is 7. The van der Waals surface area contributed by atoms with Crippen molar-refractivity contribution < 1.29 is 19.1 Å². The molecule has 6 nitrogen and oxygen atoms in total. The Balaban J connectivity index is 1.40. The highest BCUT2D eigenvalue weighted by atomic mass is 35.5. The summed E-state index contributed by atoms with van der Waals surface area (Å²) in [6.45, 7) is 1.69. The van der Waals surface area contributed by atoms with E-state index in [1.54, 1.807) is 29.2 Å². The van der Waals surface area contributed by atoms with Gasteiger partial charge in [-0.2, -0.15) is 0 Å². The van der Waals surface area contributed by atoms with Crippen LogP contribution in [0.25, 0.3) is 0 Å². The SMILES string of the molecule is O=C(OC1C[C@H](C(=O)N2CCCC2)N(C(=O)CCCc2ccccc2)C1)c1ccc(Cl)cc1. The average molecular weight is 469 g/mol. The minimum absolute atomic E-state index is 0.0334. The largest absolute Gasteiger partial charge is 0.457 e. The van der Waals surface area contributed by atoms with E-state index in [1.165, 1.54) is 5.56 Å². The second kappa shape index (κ2) is 10.8. The monoisotopic (exact) mass is 468 g/mol. The molecule has 0 radical (unpaired) electrons. The van der Waals surface area contributed by atoms with Crippen LogP contribution in [0.4, 0.5) is 0 Å². The number of ether oxygens (including phenoxy) is 1. The zero-order chi connectivity index (χ0) is 23.2. The highest BCUT2D eigenvalue weighted by molar-refractivity contribution is 6.30. The molecule has 2 amide bonds. The maximum atomic E-state index is 13.2. The third-order valence-electron chi connectivity index (χ3n) is 6.34. The number of esters is 1. The Hall–Kier alpha value is -2.86. The Kier molecular flexibility index (Phi) is 7.65. The molecule has 2 saturated heterocycles. The third kappa shape index (κ3) is 5.93. The summed E-state index contributed by atoms with van der Waals surface area (Å²) >= 11 is 5.90. The topological polar surface area (TPSA) is 66.9 Å². The standard InChI is InChI=1S/C26H29ClN2O4/c27-21-13-11-20(12-14-21)26(32)33-22-17-23(25(31)28-15-4-5-16-28)29(18-22)24(30)10-6-9-19-7-2-1-3-8-19/h1-3,7-8,11-14,22-23H,4-6,9-10,15-18H2/t22?,23-/m1/s1. The fourth-order valence-electron chi connectivity index (χ4n) is 4.58. The van der Waals surface area contributed by atoms with Crippen LogP contribution in [0.15, 0.2) is 54.6 Å². The number of nitrogens with zero attached hydrogens (tertiary/aromatic N) is 2. The molecule has 1 unspecified atom stereocenters. The molecular formula is C26H29ClN2O4. The molecule has 174 valence electrons. The lowest BCUT2D eigenvalue weighted by molar-refractivity contribution is -0.143. The first-order valence-corrected chi connectivity index (χ1v) is 12.0. The number of carbonyl (C=O) groups excluding carboxylic acids is 3. The summed E-state index contributed by atoms with van der Waals surface area (Å²) < 4.78 is 5.69. The van der Waals surface area contributed by atoms with E-state index in [0.29, 0.717) is 29.8 Å². The van der Waals surface area contributed by atoms with Gasteiger partial charge in [-0.3, -0.25) is 9.59 Å². The molecule has 2 aliphatic rings. The van der Waals surface area contributed by atoms with E-state index in [4.69, 9.17) is 16.3 Å². The van der Waals surface area contributed by atoms with Crippen LogP contribution >= 0.6 is 11.6 Å². The maximum Gasteiger partial charge on any atom is 0.338 e. The summed E-state index contributed by atoms with van der Waals surface area (Å²) in [4.78, 5) is 42.3. The molecule has 0 saturated carbocycles. The zero-order valence-corrected chi connectivity index (χ0v) is 19.4. The van der Waals surface area contributed by atoms with Crippen molar-refractivity contribution in [3.8, 4) is 0 Å². The molecule has 0 aliphatic carbocycles. The fraction of sp³-hybridized carbons (Fsp3) is 0.423. The summed E-state index contributed by atoms with van der Waals surface area (Å²) in [5.74, 6) is -0.565. The van der Waals surface area contributed by atoms with Gasteiger partial charge in [0, 0.05) is 31.0 Å². The number of benzene rings is 2. The van der Waals surface area contributed by atoms with E-state index in [9.17, 15) is 14.4 Å². The normalized spacial score (nSPS) is 20.2. The zero-order valence-electron chi connectivity index (χ0n) is 18.6. The summed E-state index contributed by atoms with van der Waals surface area (Å²) in [6, 6.07) is 16.0. The van der Waals surface area contributed by atoms with Crippen LogP contribution in [-0.2, 0) is 20.7 Å². The van der Waals surface area contributed by atoms with Gasteiger partial charge >= 0.3 is 5.97 Å². The Bertz CT molecular complexity index is 974. The predicted molar refractivity (Wildman–Crippen MR) is 126 cm³/mol. The van der Waals surface area contributed by atoms with Crippen molar-refractivity contribution in [3.05, 3.63) is 70.7 Å². The van der Waals surface area contributed by atoms with Crippen LogP contribution in [0, 0.1) is 0 Å². The number of aryl methyl sites for hydroxylation is 1. The van der Waals surface area contributed by atoms with E-state index in [1.807, 2.05) is 35.2 Å². The predicted octanol–water partition coefficient (Wildman–Crippen LogP) is 4.11. The molecule has 2 aromatic carbocycles. The summed E-state index contributed by atoms with van der Waals surface area (Å²) in [7, 11) is 0. The van der Waals surface area contributed by atoms with Gasteiger partial charge in [0.1, 0.15) is 12.1 Å². The lowest BCUT2D eigenvalue weighted by Crippen LogP contribution is -2.46. The highest BCUT2D eigenvalue weighted by Crippen LogP contribution is 2.26. The molecule has 0 spiro atoms. The number of hydrogen-bond acceptors (Lipinski definition) is 4. The van der Waals surface area contributed by atoms with Gasteiger partial charge in [-0.15, -0.1) is 0 Å². The first kappa shape index (κ1) is 23.3. The van der Waals surface area contributed by atoms with Crippen LogP contribution in [0.5, 0.6) is 0 Å². The van der Waals surface area contributed by atoms with Crippen LogP contribution in [0.3, 0.4) is 0 Å². The minimum Gasteiger partial charge on any atom is -0.457 e. The maximum absolute atomic E-state index is 13.2. The van der Waals surface area contributed by atoms with E-state index in [2.05, 4.69) is 0 Å². The Morgan fingerprint density at radius 3 is 2.36 bits per heavy atom. The number of likely N-dealkylation sites (tertiary alicyclic amines) is 2. The van der Waals surface area contributed by atoms with Crippen LogP contribution < -0.4 is 0 Å². The smallest absolute Gasteiger partial charge is 0.338 e. The van der Waals surface area contributed by atoms with E-state index in [-0.39, 0.29) is 18.4 Å². The lowest BCUT2D eigenvalue weighted by Gasteiger charge is -2.27. The van der Waals surface area contributed by atoms with Crippen molar-refractivity contribution in [2.75, 3.05) is 19.6 Å². The van der Waals surface area contributed by atoms with Crippen LogP contribution in [0.1, 0.15) is 48.0 Å². The number of halogens is 1. The van der Waals surface area contributed by atoms with Gasteiger partial charge in [-0.05, 0) is 55.5 Å². The molecule has 2 aliphatic heterocycles. The Labute approximate surface area is 199 Å². The van der Waals surface area contributed by atoms with Gasteiger partial charge in [0.25, 0.3) is 0 Å². The van der Waals surface area contributed by atoms with Crippen molar-refractivity contribution in [3.63, 3.8) is 0 Å². The molecule has 2 heterocycles. The van der Waals surface area contributed by atoms with Gasteiger partial charge in [-0.1, -0.05) is 41.9 Å². The molecule has 0 N–H and O–H groups in total. The van der Waals surface area contributed by atoms with Crippen molar-refractivity contribution in [2.45, 2.75) is 50.7 Å². The van der Waals surface area contributed by atoms with Crippen molar-refractivity contribution in [1.82, 2.24) is 9.80 Å². The van der Waals surface area contributed by atoms with Gasteiger partial charge in [0.2, 0.25) is 11.8 Å². The Morgan fingerprint density at radius 1 is 0.970 bits per heavy atom. The summed E-state index contributed by atoms with van der Waals surface area (Å²) in [5, 5.41) is 0.538. The van der Waals surface area contributed by atoms with Gasteiger partial charge in [0.05, 0.1) is 12.1 Å². The molecule has 33 heavy (non-hydrogen) atoms. The molecule has 2 atom stereocenters. The molecule has 2 aromatic rings. The molecular weight excluding hydrogens is 440 g/mol. The van der Waals surface area contributed by atoms with Crippen LogP contribution in [-0.4, -0.2) is 59.4 Å². The average Bonchev–Trinajstić information content (AvgIpc) is 3.50. The number of hydrogen-bond donors (Lipinski definition) is 0. The molecule has 2 fully saturated rings. The summed E-state index contributed by atoms with van der Waals surface area (Å²) in [5.41, 5.74) is 1.58. The third-order valence-corrected chi connectivity index (χ3v) is 6.59. The summed E-state index contributed by atoms with van der Waals surface area (Å²) in [6.07, 6.45) is 3.66. The lowest BCUT2D eigenvalue weighted by atomic mass is 10.1. The molecule has 7 heteroatoms. The van der Waals surface area contributed by atoms with Crippen molar-refractivity contribution >= 4 is 29.4 Å². The quantitative estimate of drug-likeness (QED) is 0.573. The van der Waals surface area contributed by atoms with Gasteiger partial charge < -0.3 is 14.5 Å². The second-order valence-corrected chi connectivity index (χ2v) is 9.14. The second-order valence-electron chi connectivity index (χ2n) is 8.70. The highest BCUT2D eigenvalue weighted by Gasteiger charge is 2.43. The van der Waals surface area contributed by atoms with E-state index >= 15 is 0 Å². The van der Waals surface area contributed by atoms with Crippen LogP contribution in [0.2, 0.25) is 5.02 Å². The first-order valence-electron chi connectivity index (χ1n) is 11.6. The number of amides is 2. The molecule has 0 bridgehead atoms. The number of carbonyl (C=O) groups is 3. The fourth-order valence-corrected chi connectivity index (χ4v) is 4.70. The van der Waals surface area contributed by atoms with Crippen molar-refractivity contribution in [2.24, 2.45) is 0 Å².